The number of ether oxygens (including phenoxy) is 1. The van der Waals surface area contributed by atoms with Gasteiger partial charge in [0.1, 0.15) is 11.3 Å². The molecule has 0 radical (unpaired) electrons. The van der Waals surface area contributed by atoms with Gasteiger partial charge in [-0.1, -0.05) is 17.7 Å². The first-order chi connectivity index (χ1) is 10.9. The van der Waals surface area contributed by atoms with Crippen LogP contribution < -0.4 is 5.32 Å². The van der Waals surface area contributed by atoms with Crippen LogP contribution in [-0.2, 0) is 9.53 Å². The molecule has 0 saturated carbocycles. The second-order valence-corrected chi connectivity index (χ2v) is 5.50. The lowest BCUT2D eigenvalue weighted by Gasteiger charge is -2.14. The van der Waals surface area contributed by atoms with Crippen LogP contribution in [0.5, 0.6) is 5.75 Å². The standard InChI is InChI=1S/C17H16ClNO4/c1-10-3-8-14(15(20)9-10)17(22)23-11(2)16(21)19-13-6-4-12(18)5-7-13/h3-9,11,20H,1-2H3,(H,19,21)/t11-/m1/s1. The number of rotatable bonds is 4. The zero-order valence-corrected chi connectivity index (χ0v) is 13.4. The summed E-state index contributed by atoms with van der Waals surface area (Å²) >= 11 is 5.77. The number of amides is 1. The fourth-order valence-corrected chi connectivity index (χ4v) is 1.99. The Hall–Kier alpha value is -2.53. The van der Waals surface area contributed by atoms with E-state index in [-0.39, 0.29) is 11.3 Å². The molecule has 2 aromatic carbocycles. The van der Waals surface area contributed by atoms with Gasteiger partial charge in [0, 0.05) is 10.7 Å². The predicted molar refractivity (Wildman–Crippen MR) is 87.8 cm³/mol. The molecule has 0 fully saturated rings. The molecule has 6 heteroatoms. The van der Waals surface area contributed by atoms with Crippen LogP contribution in [0.15, 0.2) is 42.5 Å². The smallest absolute Gasteiger partial charge is 0.342 e. The number of carbonyl (C=O) groups excluding carboxylic acids is 2. The Bertz CT molecular complexity index is 728. The van der Waals surface area contributed by atoms with E-state index in [1.165, 1.54) is 19.1 Å². The van der Waals surface area contributed by atoms with Crippen molar-refractivity contribution in [3.63, 3.8) is 0 Å². The summed E-state index contributed by atoms with van der Waals surface area (Å²) in [6.07, 6.45) is -1.01. The van der Waals surface area contributed by atoms with Crippen molar-refractivity contribution in [2.24, 2.45) is 0 Å². The predicted octanol–water partition coefficient (Wildman–Crippen LogP) is 3.54. The molecule has 0 aromatic heterocycles. The molecule has 1 atom stereocenters. The van der Waals surface area contributed by atoms with Crippen molar-refractivity contribution in [2.75, 3.05) is 5.32 Å². The number of carbonyl (C=O) groups is 2. The van der Waals surface area contributed by atoms with Crippen molar-refractivity contribution in [1.29, 1.82) is 0 Å². The van der Waals surface area contributed by atoms with Gasteiger partial charge in [0.25, 0.3) is 5.91 Å². The van der Waals surface area contributed by atoms with Gasteiger partial charge in [-0.25, -0.2) is 4.79 Å². The molecular weight excluding hydrogens is 318 g/mol. The summed E-state index contributed by atoms with van der Waals surface area (Å²) in [5, 5.41) is 12.9. The summed E-state index contributed by atoms with van der Waals surface area (Å²) in [4.78, 5) is 24.0. The largest absolute Gasteiger partial charge is 0.507 e. The average Bonchev–Trinajstić information content (AvgIpc) is 2.49. The second kappa shape index (κ2) is 7.15. The van der Waals surface area contributed by atoms with Crippen LogP contribution in [-0.4, -0.2) is 23.1 Å². The maximum atomic E-state index is 12.0. The molecule has 0 unspecified atom stereocenters. The van der Waals surface area contributed by atoms with Crippen LogP contribution in [0.25, 0.3) is 0 Å². The molecule has 2 N–H and O–H groups in total. The first-order valence-electron chi connectivity index (χ1n) is 6.94. The number of aromatic hydroxyl groups is 1. The van der Waals surface area contributed by atoms with Gasteiger partial charge in [0.05, 0.1) is 0 Å². The van der Waals surface area contributed by atoms with Gasteiger partial charge < -0.3 is 15.2 Å². The van der Waals surface area contributed by atoms with E-state index in [0.29, 0.717) is 10.7 Å². The van der Waals surface area contributed by atoms with Crippen molar-refractivity contribution in [1.82, 2.24) is 0 Å². The molecular formula is C17H16ClNO4. The second-order valence-electron chi connectivity index (χ2n) is 5.06. The lowest BCUT2D eigenvalue weighted by molar-refractivity contribution is -0.123. The third-order valence-electron chi connectivity index (χ3n) is 3.14. The molecule has 0 aliphatic rings. The van der Waals surface area contributed by atoms with E-state index in [9.17, 15) is 14.7 Å². The van der Waals surface area contributed by atoms with Gasteiger partial charge in [-0.2, -0.15) is 0 Å². The molecule has 120 valence electrons. The van der Waals surface area contributed by atoms with E-state index < -0.39 is 18.0 Å². The van der Waals surface area contributed by atoms with Crippen molar-refractivity contribution in [3.05, 3.63) is 58.6 Å². The van der Waals surface area contributed by atoms with Crippen molar-refractivity contribution >= 4 is 29.2 Å². The zero-order chi connectivity index (χ0) is 17.0. The van der Waals surface area contributed by atoms with Crippen LogP contribution in [0, 0.1) is 6.92 Å². The van der Waals surface area contributed by atoms with E-state index >= 15 is 0 Å². The van der Waals surface area contributed by atoms with E-state index in [4.69, 9.17) is 16.3 Å². The molecule has 0 saturated heterocycles. The molecule has 5 nitrogen and oxygen atoms in total. The normalized spacial score (nSPS) is 11.6. The summed E-state index contributed by atoms with van der Waals surface area (Å²) in [5.74, 6) is -1.42. The Morgan fingerprint density at radius 3 is 2.43 bits per heavy atom. The van der Waals surface area contributed by atoms with Gasteiger partial charge in [0.15, 0.2) is 6.10 Å². The summed E-state index contributed by atoms with van der Waals surface area (Å²) in [5.41, 5.74) is 1.37. The lowest BCUT2D eigenvalue weighted by atomic mass is 10.1. The number of phenols is 1. The molecule has 0 aliphatic carbocycles. The Morgan fingerprint density at radius 1 is 1.17 bits per heavy atom. The number of benzene rings is 2. The van der Waals surface area contributed by atoms with E-state index in [1.54, 1.807) is 37.3 Å². The van der Waals surface area contributed by atoms with E-state index in [2.05, 4.69) is 5.32 Å². The van der Waals surface area contributed by atoms with Gasteiger partial charge in [0.2, 0.25) is 0 Å². The van der Waals surface area contributed by atoms with Gasteiger partial charge in [-0.3, -0.25) is 4.79 Å². The average molecular weight is 334 g/mol. The Kier molecular flexibility index (Phi) is 5.24. The maximum Gasteiger partial charge on any atom is 0.342 e. The molecule has 0 spiro atoms. The van der Waals surface area contributed by atoms with Crippen LogP contribution in [0.2, 0.25) is 5.02 Å². The minimum atomic E-state index is -1.01. The molecule has 0 aliphatic heterocycles. The zero-order valence-electron chi connectivity index (χ0n) is 12.7. The van der Waals surface area contributed by atoms with E-state index in [0.717, 1.165) is 5.56 Å². The number of esters is 1. The number of phenolic OH excluding ortho intramolecular Hbond substituents is 1. The highest BCUT2D eigenvalue weighted by atomic mass is 35.5. The number of halogens is 1. The Morgan fingerprint density at radius 2 is 1.83 bits per heavy atom. The highest BCUT2D eigenvalue weighted by molar-refractivity contribution is 6.30. The number of hydrogen-bond donors (Lipinski definition) is 2. The van der Waals surface area contributed by atoms with Crippen molar-refractivity contribution in [3.8, 4) is 5.75 Å². The maximum absolute atomic E-state index is 12.0. The van der Waals surface area contributed by atoms with Crippen LogP contribution in [0.3, 0.4) is 0 Å². The first-order valence-corrected chi connectivity index (χ1v) is 7.31. The summed E-state index contributed by atoms with van der Waals surface area (Å²) in [6, 6.07) is 11.1. The lowest BCUT2D eigenvalue weighted by Crippen LogP contribution is -2.30. The molecule has 1 amide bonds. The Balaban J connectivity index is 2.00. The third kappa shape index (κ3) is 4.47. The topological polar surface area (TPSA) is 75.6 Å². The van der Waals surface area contributed by atoms with Gasteiger partial charge in [-0.15, -0.1) is 0 Å². The van der Waals surface area contributed by atoms with Crippen LogP contribution in [0.1, 0.15) is 22.8 Å². The van der Waals surface area contributed by atoms with E-state index in [1.807, 2.05) is 0 Å². The van der Waals surface area contributed by atoms with Gasteiger partial charge >= 0.3 is 5.97 Å². The third-order valence-corrected chi connectivity index (χ3v) is 3.39. The molecule has 2 aromatic rings. The molecule has 0 bridgehead atoms. The number of hydrogen-bond acceptors (Lipinski definition) is 4. The highest BCUT2D eigenvalue weighted by Gasteiger charge is 2.21. The minimum absolute atomic E-state index is 0.0155. The fourth-order valence-electron chi connectivity index (χ4n) is 1.87. The van der Waals surface area contributed by atoms with Gasteiger partial charge in [-0.05, 0) is 55.8 Å². The number of nitrogens with one attached hydrogen (secondary N) is 1. The first kappa shape index (κ1) is 16.8. The fraction of sp³-hybridized carbons (Fsp3) is 0.176. The summed E-state index contributed by atoms with van der Waals surface area (Å²) in [7, 11) is 0. The van der Waals surface area contributed by atoms with Crippen LogP contribution in [0.4, 0.5) is 5.69 Å². The Labute approximate surface area is 138 Å². The quantitative estimate of drug-likeness (QED) is 0.839. The molecule has 2 rings (SSSR count). The number of anilines is 1. The summed E-state index contributed by atoms with van der Waals surface area (Å²) in [6.45, 7) is 3.24. The van der Waals surface area contributed by atoms with Crippen LogP contribution >= 0.6 is 11.6 Å². The molecule has 23 heavy (non-hydrogen) atoms. The SMILES string of the molecule is Cc1ccc(C(=O)O[C@H](C)C(=O)Nc2ccc(Cl)cc2)c(O)c1. The monoisotopic (exact) mass is 333 g/mol. The molecule has 0 heterocycles. The van der Waals surface area contributed by atoms with Crippen molar-refractivity contribution in [2.45, 2.75) is 20.0 Å². The summed E-state index contributed by atoms with van der Waals surface area (Å²) < 4.78 is 5.08. The highest BCUT2D eigenvalue weighted by Crippen LogP contribution is 2.20. The number of aryl methyl sites for hydroxylation is 1. The minimum Gasteiger partial charge on any atom is -0.507 e. The van der Waals surface area contributed by atoms with Crippen molar-refractivity contribution < 1.29 is 19.4 Å².